The normalized spacial score (nSPS) is 20.6. The summed E-state index contributed by atoms with van der Waals surface area (Å²) in [6.45, 7) is 4.35. The number of aliphatic hydroxyl groups excluding tert-OH is 1. The van der Waals surface area contributed by atoms with Crippen molar-refractivity contribution in [2.24, 2.45) is 0 Å². The molecule has 2 heterocycles. The van der Waals surface area contributed by atoms with Crippen molar-refractivity contribution in [1.82, 2.24) is 14.9 Å². The van der Waals surface area contributed by atoms with E-state index in [-0.39, 0.29) is 6.61 Å². The van der Waals surface area contributed by atoms with Gasteiger partial charge in [0.05, 0.1) is 17.6 Å². The number of nitrogens with zero attached hydrogens (tertiary/aromatic N) is 2. The first-order valence-corrected chi connectivity index (χ1v) is 7.56. The van der Waals surface area contributed by atoms with E-state index in [4.69, 9.17) is 0 Å². The largest absolute Gasteiger partial charge is 0.396 e. The molecule has 0 radical (unpaired) electrons. The standard InChI is InChI=1S/C16H23N3O/c1-12-5-6-14-15(10-12)18-16(17-14)11-19-8-3-2-4-13(19)7-9-20/h5-6,10,13,20H,2-4,7-9,11H2,1H3,(H,17,18). The van der Waals surface area contributed by atoms with Crippen LogP contribution < -0.4 is 0 Å². The highest BCUT2D eigenvalue weighted by Crippen LogP contribution is 2.22. The average Bonchev–Trinajstić information content (AvgIpc) is 2.82. The molecule has 0 amide bonds. The Balaban J connectivity index is 1.77. The summed E-state index contributed by atoms with van der Waals surface area (Å²) in [7, 11) is 0. The maximum Gasteiger partial charge on any atom is 0.121 e. The molecule has 1 saturated heterocycles. The van der Waals surface area contributed by atoms with E-state index < -0.39 is 0 Å². The molecule has 0 spiro atoms. The van der Waals surface area contributed by atoms with Crippen LogP contribution >= 0.6 is 0 Å². The van der Waals surface area contributed by atoms with Crippen LogP contribution in [0, 0.1) is 6.92 Å². The Morgan fingerprint density at radius 3 is 3.15 bits per heavy atom. The number of likely N-dealkylation sites (tertiary alicyclic amines) is 1. The van der Waals surface area contributed by atoms with Crippen LogP contribution in [-0.4, -0.2) is 39.2 Å². The van der Waals surface area contributed by atoms with Crippen molar-refractivity contribution in [2.75, 3.05) is 13.2 Å². The van der Waals surface area contributed by atoms with Gasteiger partial charge < -0.3 is 10.1 Å². The molecular formula is C16H23N3O. The van der Waals surface area contributed by atoms with Gasteiger partial charge in [0.25, 0.3) is 0 Å². The second kappa shape index (κ2) is 5.94. The number of nitrogens with one attached hydrogen (secondary N) is 1. The van der Waals surface area contributed by atoms with E-state index in [1.165, 1.54) is 24.8 Å². The molecule has 3 rings (SSSR count). The highest BCUT2D eigenvalue weighted by Gasteiger charge is 2.22. The lowest BCUT2D eigenvalue weighted by Gasteiger charge is -2.34. The number of aromatic amines is 1. The van der Waals surface area contributed by atoms with Gasteiger partial charge in [0.15, 0.2) is 0 Å². The first kappa shape index (κ1) is 13.6. The van der Waals surface area contributed by atoms with Crippen molar-refractivity contribution in [3.05, 3.63) is 29.6 Å². The Hall–Kier alpha value is -1.39. The number of piperidine rings is 1. The van der Waals surface area contributed by atoms with Crippen LogP contribution in [0.1, 0.15) is 37.1 Å². The summed E-state index contributed by atoms with van der Waals surface area (Å²) in [5.41, 5.74) is 3.42. The Morgan fingerprint density at radius 2 is 2.30 bits per heavy atom. The fraction of sp³-hybridized carbons (Fsp3) is 0.562. The van der Waals surface area contributed by atoms with Gasteiger partial charge in [-0.3, -0.25) is 4.90 Å². The van der Waals surface area contributed by atoms with E-state index in [0.717, 1.165) is 36.4 Å². The second-order valence-corrected chi connectivity index (χ2v) is 5.84. The van der Waals surface area contributed by atoms with Crippen molar-refractivity contribution in [2.45, 2.75) is 45.2 Å². The van der Waals surface area contributed by atoms with Gasteiger partial charge in [-0.1, -0.05) is 12.5 Å². The lowest BCUT2D eigenvalue weighted by atomic mass is 10.00. The van der Waals surface area contributed by atoms with Gasteiger partial charge in [0.1, 0.15) is 5.82 Å². The summed E-state index contributed by atoms with van der Waals surface area (Å²) in [6.07, 6.45) is 4.60. The van der Waals surface area contributed by atoms with Crippen LogP contribution in [0.2, 0.25) is 0 Å². The molecule has 4 nitrogen and oxygen atoms in total. The zero-order chi connectivity index (χ0) is 13.9. The molecule has 1 aliphatic heterocycles. The minimum atomic E-state index is 0.278. The number of aromatic nitrogens is 2. The summed E-state index contributed by atoms with van der Waals surface area (Å²) >= 11 is 0. The monoisotopic (exact) mass is 273 g/mol. The summed E-state index contributed by atoms with van der Waals surface area (Å²) in [5.74, 6) is 1.04. The summed E-state index contributed by atoms with van der Waals surface area (Å²) in [4.78, 5) is 10.6. The number of fused-ring (bicyclic) bond motifs is 1. The molecule has 20 heavy (non-hydrogen) atoms. The van der Waals surface area contributed by atoms with Crippen LogP contribution in [0.15, 0.2) is 18.2 Å². The molecule has 4 heteroatoms. The summed E-state index contributed by atoms with van der Waals surface area (Å²) in [5, 5.41) is 9.20. The minimum absolute atomic E-state index is 0.278. The van der Waals surface area contributed by atoms with Gasteiger partial charge in [0.2, 0.25) is 0 Å². The van der Waals surface area contributed by atoms with Gasteiger partial charge in [-0.25, -0.2) is 4.98 Å². The van der Waals surface area contributed by atoms with Crippen LogP contribution in [0.25, 0.3) is 11.0 Å². The molecule has 1 fully saturated rings. The Labute approximate surface area is 119 Å². The predicted molar refractivity (Wildman–Crippen MR) is 80.6 cm³/mol. The maximum atomic E-state index is 9.20. The van der Waals surface area contributed by atoms with Crippen molar-refractivity contribution >= 4 is 11.0 Å². The Kier molecular flexibility index (Phi) is 4.03. The SMILES string of the molecule is Cc1ccc2nc(CN3CCCCC3CCO)[nH]c2c1. The molecule has 2 N–H and O–H groups in total. The third kappa shape index (κ3) is 2.86. The molecule has 1 aliphatic rings. The molecule has 0 bridgehead atoms. The zero-order valence-electron chi connectivity index (χ0n) is 12.1. The van der Waals surface area contributed by atoms with Crippen molar-refractivity contribution < 1.29 is 5.11 Å². The molecule has 108 valence electrons. The van der Waals surface area contributed by atoms with E-state index in [2.05, 4.69) is 40.0 Å². The molecule has 1 unspecified atom stereocenters. The third-order valence-corrected chi connectivity index (χ3v) is 4.25. The van der Waals surface area contributed by atoms with E-state index in [0.29, 0.717) is 6.04 Å². The van der Waals surface area contributed by atoms with Gasteiger partial charge in [0, 0.05) is 12.6 Å². The van der Waals surface area contributed by atoms with Crippen molar-refractivity contribution in [1.29, 1.82) is 0 Å². The Bertz CT molecular complexity index is 576. The lowest BCUT2D eigenvalue weighted by Crippen LogP contribution is -2.39. The van der Waals surface area contributed by atoms with Gasteiger partial charge in [-0.05, 0) is 50.4 Å². The first-order chi connectivity index (χ1) is 9.76. The van der Waals surface area contributed by atoms with Crippen molar-refractivity contribution in [3.8, 4) is 0 Å². The number of aryl methyl sites for hydroxylation is 1. The summed E-state index contributed by atoms with van der Waals surface area (Å²) in [6, 6.07) is 6.82. The number of aliphatic hydroxyl groups is 1. The average molecular weight is 273 g/mol. The smallest absolute Gasteiger partial charge is 0.121 e. The van der Waals surface area contributed by atoms with Crippen LogP contribution in [0.3, 0.4) is 0 Å². The number of rotatable bonds is 4. The predicted octanol–water partition coefficient (Wildman–Crippen LogP) is 2.61. The van der Waals surface area contributed by atoms with Crippen molar-refractivity contribution in [3.63, 3.8) is 0 Å². The van der Waals surface area contributed by atoms with E-state index in [1.807, 2.05) is 0 Å². The molecule has 0 aliphatic carbocycles. The van der Waals surface area contributed by atoms with E-state index in [9.17, 15) is 5.11 Å². The van der Waals surface area contributed by atoms with Crippen LogP contribution in [-0.2, 0) is 6.54 Å². The molecule has 1 aromatic carbocycles. The molecule has 1 atom stereocenters. The fourth-order valence-electron chi connectivity index (χ4n) is 3.19. The quantitative estimate of drug-likeness (QED) is 0.900. The number of benzene rings is 1. The fourth-order valence-corrected chi connectivity index (χ4v) is 3.19. The molecular weight excluding hydrogens is 250 g/mol. The number of hydrogen-bond acceptors (Lipinski definition) is 3. The topological polar surface area (TPSA) is 52.1 Å². The molecule has 1 aromatic heterocycles. The van der Waals surface area contributed by atoms with Gasteiger partial charge >= 0.3 is 0 Å². The number of imidazole rings is 1. The maximum absolute atomic E-state index is 9.20. The van der Waals surface area contributed by atoms with Gasteiger partial charge in [-0.2, -0.15) is 0 Å². The highest BCUT2D eigenvalue weighted by molar-refractivity contribution is 5.75. The highest BCUT2D eigenvalue weighted by atomic mass is 16.3. The zero-order valence-corrected chi connectivity index (χ0v) is 12.1. The Morgan fingerprint density at radius 1 is 1.40 bits per heavy atom. The molecule has 0 saturated carbocycles. The van der Waals surface area contributed by atoms with E-state index in [1.54, 1.807) is 0 Å². The van der Waals surface area contributed by atoms with E-state index >= 15 is 0 Å². The third-order valence-electron chi connectivity index (χ3n) is 4.25. The number of H-pyrrole nitrogens is 1. The first-order valence-electron chi connectivity index (χ1n) is 7.56. The minimum Gasteiger partial charge on any atom is -0.396 e. The summed E-state index contributed by atoms with van der Waals surface area (Å²) < 4.78 is 0. The van der Waals surface area contributed by atoms with Crippen LogP contribution in [0.4, 0.5) is 0 Å². The molecule has 2 aromatic rings. The van der Waals surface area contributed by atoms with Gasteiger partial charge in [-0.15, -0.1) is 0 Å². The number of hydrogen-bond donors (Lipinski definition) is 2. The van der Waals surface area contributed by atoms with Crippen LogP contribution in [0.5, 0.6) is 0 Å². The lowest BCUT2D eigenvalue weighted by molar-refractivity contribution is 0.110. The second-order valence-electron chi connectivity index (χ2n) is 5.84.